The fraction of sp³-hybridized carbons (Fsp3) is 0.462. The summed E-state index contributed by atoms with van der Waals surface area (Å²) in [6.07, 6.45) is -1.41. The van der Waals surface area contributed by atoms with Gasteiger partial charge in [0.1, 0.15) is 17.3 Å². The van der Waals surface area contributed by atoms with E-state index in [0.29, 0.717) is 0 Å². The minimum Gasteiger partial charge on any atom is -0.387 e. The van der Waals surface area contributed by atoms with Crippen LogP contribution in [0.4, 0.5) is 4.39 Å². The van der Waals surface area contributed by atoms with Gasteiger partial charge in [0.25, 0.3) is 0 Å². The molecule has 0 spiro atoms. The van der Waals surface area contributed by atoms with Crippen molar-refractivity contribution in [2.75, 3.05) is 11.5 Å². The van der Waals surface area contributed by atoms with Gasteiger partial charge in [0.05, 0.1) is 17.6 Å². The predicted octanol–water partition coefficient (Wildman–Crippen LogP) is 1.50. The number of aliphatic hydroxyl groups excluding tert-OH is 1. The lowest BCUT2D eigenvalue weighted by molar-refractivity contribution is 0.0759. The third kappa shape index (κ3) is 2.48. The summed E-state index contributed by atoms with van der Waals surface area (Å²) in [5.41, 5.74) is -0.726. The second-order valence-electron chi connectivity index (χ2n) is 5.04. The first-order valence-corrected chi connectivity index (χ1v) is 7.68. The van der Waals surface area contributed by atoms with Crippen molar-refractivity contribution in [2.45, 2.75) is 19.4 Å². The Hall–Kier alpha value is -1.45. The lowest BCUT2D eigenvalue weighted by Crippen LogP contribution is -2.29. The molecule has 1 aliphatic rings. The highest BCUT2D eigenvalue weighted by Crippen LogP contribution is 2.43. The Balaban J connectivity index is 2.46. The van der Waals surface area contributed by atoms with Gasteiger partial charge in [-0.3, -0.25) is 0 Å². The Kier molecular flexibility index (Phi) is 3.37. The third-order valence-electron chi connectivity index (χ3n) is 3.53. The van der Waals surface area contributed by atoms with Crippen LogP contribution in [0.3, 0.4) is 0 Å². The molecule has 2 atom stereocenters. The standard InChI is InChI=1S/C13H14FNO3S/c1-9-2-3-11(14)10(6-9)12(16)13(7-15)4-5-19(17,18)8-13/h2-3,6,12,16H,4-5,8H2,1H3. The maximum absolute atomic E-state index is 13.8. The van der Waals surface area contributed by atoms with Gasteiger partial charge in [0.15, 0.2) is 9.84 Å². The zero-order valence-corrected chi connectivity index (χ0v) is 11.2. The summed E-state index contributed by atoms with van der Waals surface area (Å²) in [6.45, 7) is 1.74. The Morgan fingerprint density at radius 2 is 2.21 bits per heavy atom. The summed E-state index contributed by atoms with van der Waals surface area (Å²) in [5.74, 6) is -1.20. The zero-order valence-electron chi connectivity index (χ0n) is 10.4. The Labute approximate surface area is 111 Å². The van der Waals surface area contributed by atoms with Crippen LogP contribution in [0.2, 0.25) is 0 Å². The molecule has 0 amide bonds. The normalized spacial score (nSPS) is 26.8. The molecule has 0 radical (unpaired) electrons. The molecule has 0 aromatic heterocycles. The number of hydrogen-bond donors (Lipinski definition) is 1. The Morgan fingerprint density at radius 3 is 2.74 bits per heavy atom. The summed E-state index contributed by atoms with van der Waals surface area (Å²) in [7, 11) is -3.35. The number of halogens is 1. The quantitative estimate of drug-likeness (QED) is 0.892. The Morgan fingerprint density at radius 1 is 1.53 bits per heavy atom. The van der Waals surface area contributed by atoms with Crippen molar-refractivity contribution in [3.63, 3.8) is 0 Å². The number of hydrogen-bond acceptors (Lipinski definition) is 4. The summed E-state index contributed by atoms with van der Waals surface area (Å²) in [4.78, 5) is 0. The lowest BCUT2D eigenvalue weighted by Gasteiger charge is -2.26. The average molecular weight is 283 g/mol. The van der Waals surface area contributed by atoms with Crippen LogP contribution in [-0.4, -0.2) is 25.0 Å². The molecule has 1 aromatic carbocycles. The number of nitriles is 1. The monoisotopic (exact) mass is 283 g/mol. The van der Waals surface area contributed by atoms with E-state index < -0.39 is 32.9 Å². The van der Waals surface area contributed by atoms with E-state index in [0.717, 1.165) is 5.56 Å². The molecule has 4 nitrogen and oxygen atoms in total. The largest absolute Gasteiger partial charge is 0.387 e. The molecule has 1 N–H and O–H groups in total. The van der Waals surface area contributed by atoms with E-state index >= 15 is 0 Å². The van der Waals surface area contributed by atoms with Crippen LogP contribution in [0.1, 0.15) is 23.7 Å². The molecule has 0 saturated carbocycles. The molecule has 6 heteroatoms. The highest BCUT2D eigenvalue weighted by molar-refractivity contribution is 7.91. The van der Waals surface area contributed by atoms with Crippen molar-refractivity contribution in [1.82, 2.24) is 0 Å². The van der Waals surface area contributed by atoms with Gasteiger partial charge in [-0.25, -0.2) is 12.8 Å². The molecule has 2 rings (SSSR count). The van der Waals surface area contributed by atoms with Crippen molar-refractivity contribution in [3.05, 3.63) is 35.1 Å². The van der Waals surface area contributed by atoms with E-state index in [2.05, 4.69) is 0 Å². The second-order valence-corrected chi connectivity index (χ2v) is 7.22. The number of nitrogens with zero attached hydrogens (tertiary/aromatic N) is 1. The smallest absolute Gasteiger partial charge is 0.152 e. The van der Waals surface area contributed by atoms with Crippen LogP contribution in [0.5, 0.6) is 0 Å². The van der Waals surface area contributed by atoms with Crippen LogP contribution >= 0.6 is 0 Å². The summed E-state index contributed by atoms with van der Waals surface area (Å²) >= 11 is 0. The molecule has 0 aliphatic carbocycles. The third-order valence-corrected chi connectivity index (χ3v) is 5.31. The summed E-state index contributed by atoms with van der Waals surface area (Å²) in [5, 5.41) is 19.5. The van der Waals surface area contributed by atoms with Crippen molar-refractivity contribution < 1.29 is 17.9 Å². The van der Waals surface area contributed by atoms with E-state index in [1.54, 1.807) is 13.0 Å². The van der Waals surface area contributed by atoms with Crippen LogP contribution in [-0.2, 0) is 9.84 Å². The molecule has 0 bridgehead atoms. The number of rotatable bonds is 2. The maximum Gasteiger partial charge on any atom is 0.152 e. The minimum absolute atomic E-state index is 0.0151. The molecule has 1 aliphatic heterocycles. The minimum atomic E-state index is -3.35. The number of aryl methyl sites for hydroxylation is 1. The SMILES string of the molecule is Cc1ccc(F)c(C(O)C2(C#N)CCS(=O)(=O)C2)c1. The van der Waals surface area contributed by atoms with Crippen LogP contribution < -0.4 is 0 Å². The number of benzene rings is 1. The molecular formula is C13H14FNO3S. The van der Waals surface area contributed by atoms with Gasteiger partial charge in [0.2, 0.25) is 0 Å². The van der Waals surface area contributed by atoms with Gasteiger partial charge >= 0.3 is 0 Å². The topological polar surface area (TPSA) is 78.2 Å². The molecule has 19 heavy (non-hydrogen) atoms. The zero-order chi connectivity index (χ0) is 14.3. The van der Waals surface area contributed by atoms with Crippen molar-refractivity contribution in [1.29, 1.82) is 5.26 Å². The van der Waals surface area contributed by atoms with E-state index in [9.17, 15) is 23.2 Å². The van der Waals surface area contributed by atoms with Gasteiger partial charge in [-0.1, -0.05) is 17.7 Å². The number of aliphatic hydroxyl groups is 1. The molecule has 1 heterocycles. The van der Waals surface area contributed by atoms with Gasteiger partial charge in [-0.2, -0.15) is 5.26 Å². The predicted molar refractivity (Wildman–Crippen MR) is 67.4 cm³/mol. The van der Waals surface area contributed by atoms with Gasteiger partial charge in [-0.05, 0) is 19.4 Å². The van der Waals surface area contributed by atoms with E-state index in [4.69, 9.17) is 0 Å². The highest BCUT2D eigenvalue weighted by atomic mass is 32.2. The summed E-state index contributed by atoms with van der Waals surface area (Å²) in [6, 6.07) is 6.09. The first kappa shape index (κ1) is 14.0. The molecule has 1 aromatic rings. The fourth-order valence-corrected chi connectivity index (χ4v) is 4.38. The van der Waals surface area contributed by atoms with E-state index in [1.807, 2.05) is 6.07 Å². The molecule has 2 unspecified atom stereocenters. The highest BCUT2D eigenvalue weighted by Gasteiger charge is 2.49. The van der Waals surface area contributed by atoms with E-state index in [-0.39, 0.29) is 17.7 Å². The lowest BCUT2D eigenvalue weighted by atomic mass is 9.79. The fourth-order valence-electron chi connectivity index (χ4n) is 2.41. The first-order valence-electron chi connectivity index (χ1n) is 5.85. The molecule has 1 fully saturated rings. The summed E-state index contributed by atoms with van der Waals surface area (Å²) < 4.78 is 36.8. The molecular weight excluding hydrogens is 269 g/mol. The van der Waals surface area contributed by atoms with Crippen LogP contribution in [0, 0.1) is 29.5 Å². The van der Waals surface area contributed by atoms with Gasteiger partial charge in [0, 0.05) is 5.56 Å². The maximum atomic E-state index is 13.8. The van der Waals surface area contributed by atoms with Crippen molar-refractivity contribution >= 4 is 9.84 Å². The Bertz CT molecular complexity index is 650. The van der Waals surface area contributed by atoms with Crippen LogP contribution in [0.15, 0.2) is 18.2 Å². The van der Waals surface area contributed by atoms with Gasteiger partial charge in [-0.15, -0.1) is 0 Å². The number of sulfone groups is 1. The van der Waals surface area contributed by atoms with Crippen molar-refractivity contribution in [3.8, 4) is 6.07 Å². The molecule has 1 saturated heterocycles. The molecule has 102 valence electrons. The van der Waals surface area contributed by atoms with Crippen molar-refractivity contribution in [2.24, 2.45) is 5.41 Å². The average Bonchev–Trinajstić information content (AvgIpc) is 2.68. The van der Waals surface area contributed by atoms with Crippen LogP contribution in [0.25, 0.3) is 0 Å². The first-order chi connectivity index (χ1) is 8.80. The van der Waals surface area contributed by atoms with E-state index in [1.165, 1.54) is 12.1 Å². The van der Waals surface area contributed by atoms with Gasteiger partial charge < -0.3 is 5.11 Å². The second kappa shape index (κ2) is 4.58.